The van der Waals surface area contributed by atoms with Gasteiger partial charge in [-0.2, -0.15) is 8.42 Å². The van der Waals surface area contributed by atoms with Crippen LogP contribution in [0.15, 0.2) is 23.8 Å². The molecule has 0 aliphatic heterocycles. The molecule has 9 nitrogen and oxygen atoms in total. The van der Waals surface area contributed by atoms with Crippen LogP contribution in [-0.4, -0.2) is 72.0 Å². The van der Waals surface area contributed by atoms with E-state index in [2.05, 4.69) is 0 Å². The lowest BCUT2D eigenvalue weighted by Gasteiger charge is -2.63. The summed E-state index contributed by atoms with van der Waals surface area (Å²) in [5, 5.41) is 11.7. The number of ether oxygens (including phenoxy) is 2. The summed E-state index contributed by atoms with van der Waals surface area (Å²) in [5.41, 5.74) is -4.99. The highest BCUT2D eigenvalue weighted by atomic mass is 32.2. The number of hydrogen-bond donors (Lipinski definition) is 2. The topological polar surface area (TPSA) is 144 Å². The van der Waals surface area contributed by atoms with Crippen molar-refractivity contribution in [1.82, 2.24) is 0 Å². The van der Waals surface area contributed by atoms with Crippen molar-refractivity contribution in [3.63, 3.8) is 0 Å². The number of esters is 1. The molecule has 0 aromatic heterocycles. The molecule has 3 fully saturated rings. The molecule has 0 bridgehead atoms. The maximum Gasteiger partial charge on any atom is 0.307 e. The normalized spacial score (nSPS) is 39.9. The van der Waals surface area contributed by atoms with Crippen LogP contribution in [0.2, 0.25) is 0 Å². The molecule has 0 heterocycles. The van der Waals surface area contributed by atoms with Crippen molar-refractivity contribution in [2.24, 2.45) is 28.6 Å². The minimum atomic E-state index is -4.38. The van der Waals surface area contributed by atoms with Gasteiger partial charge < -0.3 is 14.6 Å². The molecule has 0 aromatic carbocycles. The number of aliphatic hydroxyl groups excluding tert-OH is 1. The van der Waals surface area contributed by atoms with Crippen molar-refractivity contribution in [2.45, 2.75) is 96.4 Å². The van der Waals surface area contributed by atoms with Crippen LogP contribution < -0.4 is 0 Å². The highest BCUT2D eigenvalue weighted by Gasteiger charge is 2.76. The van der Waals surface area contributed by atoms with Crippen molar-refractivity contribution >= 4 is 27.7 Å². The summed E-state index contributed by atoms with van der Waals surface area (Å²) in [6, 6.07) is 0. The molecule has 4 aliphatic carbocycles. The molecule has 3 saturated carbocycles. The number of alkyl halides is 1. The van der Waals surface area contributed by atoms with Crippen molar-refractivity contribution in [3.8, 4) is 0 Å². The number of halogens is 1. The molecule has 41 heavy (non-hydrogen) atoms. The van der Waals surface area contributed by atoms with Crippen molar-refractivity contribution in [3.05, 3.63) is 23.8 Å². The number of allylic oxidation sites excluding steroid dienone is 4. The van der Waals surface area contributed by atoms with Crippen LogP contribution in [0.5, 0.6) is 0 Å². The number of aliphatic hydroxyl groups is 1. The van der Waals surface area contributed by atoms with Crippen LogP contribution in [-0.2, 0) is 34.0 Å². The van der Waals surface area contributed by atoms with Gasteiger partial charge in [0.2, 0.25) is 5.78 Å². The molecule has 2 unspecified atom stereocenters. The predicted molar refractivity (Wildman–Crippen MR) is 148 cm³/mol. The zero-order chi connectivity index (χ0) is 30.4. The lowest BCUT2D eigenvalue weighted by atomic mass is 9.44. The maximum atomic E-state index is 17.5. The summed E-state index contributed by atoms with van der Waals surface area (Å²) in [6.45, 7) is 7.13. The largest absolute Gasteiger partial charge is 0.458 e. The summed E-state index contributed by atoms with van der Waals surface area (Å²) < 4.78 is 60.2. The second kappa shape index (κ2) is 11.3. The third-order valence-corrected chi connectivity index (χ3v) is 11.3. The van der Waals surface area contributed by atoms with Crippen molar-refractivity contribution in [1.29, 1.82) is 0 Å². The summed E-state index contributed by atoms with van der Waals surface area (Å²) in [4.78, 5) is 38.4. The monoisotopic (exact) mass is 598 g/mol. The maximum absolute atomic E-state index is 17.5. The number of ketones is 2. The van der Waals surface area contributed by atoms with Crippen LogP contribution >= 0.6 is 0 Å². The van der Waals surface area contributed by atoms with E-state index in [0.29, 0.717) is 31.3 Å². The highest BCUT2D eigenvalue weighted by Crippen LogP contribution is 2.71. The van der Waals surface area contributed by atoms with Crippen LogP contribution in [0, 0.1) is 28.6 Å². The summed E-state index contributed by atoms with van der Waals surface area (Å²) in [7, 11) is -4.38. The molecule has 4 rings (SSSR count). The first-order valence-corrected chi connectivity index (χ1v) is 16.3. The van der Waals surface area contributed by atoms with E-state index in [9.17, 15) is 27.9 Å². The molecule has 4 aliphatic rings. The Hall–Kier alpha value is -1.95. The van der Waals surface area contributed by atoms with Gasteiger partial charge in [-0.15, -0.1) is 0 Å². The Bertz CT molecular complexity index is 1240. The van der Waals surface area contributed by atoms with Crippen LogP contribution in [0.3, 0.4) is 0 Å². The van der Waals surface area contributed by atoms with Crippen LogP contribution in [0.1, 0.15) is 79.1 Å². The van der Waals surface area contributed by atoms with Gasteiger partial charge in [-0.05, 0) is 63.0 Å². The molecular weight excluding hydrogens is 555 g/mol. The summed E-state index contributed by atoms with van der Waals surface area (Å²) in [6.07, 6.45) is 6.20. The predicted octanol–water partition coefficient (Wildman–Crippen LogP) is 3.94. The van der Waals surface area contributed by atoms with Gasteiger partial charge in [0.05, 0.1) is 18.3 Å². The van der Waals surface area contributed by atoms with E-state index in [1.165, 1.54) is 12.2 Å². The standard InChI is InChI=1S/C30H43FO9S/c1-5-6-7-13-40-30(25(34)18-39-26(35)11-14-41(36,37)38)19(2)15-23-22-9-8-20-16-21(32)10-12-27(20,3)29(22,31)24(33)17-28(23,30)4/h10,12,16,19,22-24,33H,5-9,11,13-15,17-18H2,1-4H3,(H,36,37,38)/t19?,22-,23-,24?,27-,28-,29-,30-/m0/s1. The molecule has 0 aromatic rings. The van der Waals surface area contributed by atoms with Crippen LogP contribution in [0.4, 0.5) is 4.39 Å². The Morgan fingerprint density at radius 3 is 2.56 bits per heavy atom. The summed E-state index contributed by atoms with van der Waals surface area (Å²) in [5.74, 6) is -3.79. The van der Waals surface area contributed by atoms with E-state index >= 15 is 4.39 Å². The zero-order valence-corrected chi connectivity index (χ0v) is 25.2. The quantitative estimate of drug-likeness (QED) is 0.205. The molecule has 0 spiro atoms. The van der Waals surface area contributed by atoms with E-state index in [4.69, 9.17) is 14.0 Å². The van der Waals surface area contributed by atoms with E-state index in [1.54, 1.807) is 13.0 Å². The number of carbonyl (C=O) groups is 3. The minimum Gasteiger partial charge on any atom is -0.458 e. The number of unbranched alkanes of at least 4 members (excludes halogenated alkanes) is 2. The van der Waals surface area contributed by atoms with Gasteiger partial charge in [-0.25, -0.2) is 4.39 Å². The van der Waals surface area contributed by atoms with Gasteiger partial charge in [-0.1, -0.05) is 45.3 Å². The van der Waals surface area contributed by atoms with Gasteiger partial charge in [0.15, 0.2) is 18.1 Å². The van der Waals surface area contributed by atoms with E-state index < -0.39 is 74.8 Å². The van der Waals surface area contributed by atoms with Gasteiger partial charge in [0.25, 0.3) is 10.1 Å². The fourth-order valence-corrected chi connectivity index (χ4v) is 9.06. The van der Waals surface area contributed by atoms with E-state index in [0.717, 1.165) is 12.8 Å². The van der Waals surface area contributed by atoms with E-state index in [-0.39, 0.29) is 30.6 Å². The molecule has 0 saturated heterocycles. The van der Waals surface area contributed by atoms with Gasteiger partial charge >= 0.3 is 5.97 Å². The fourth-order valence-electron chi connectivity index (χ4n) is 8.64. The lowest BCUT2D eigenvalue weighted by molar-refractivity contribution is -0.229. The number of rotatable bonds is 11. The average Bonchev–Trinajstić information content (AvgIpc) is 3.11. The summed E-state index contributed by atoms with van der Waals surface area (Å²) >= 11 is 0. The second-order valence-corrected chi connectivity index (χ2v) is 14.4. The zero-order valence-electron chi connectivity index (χ0n) is 24.4. The van der Waals surface area contributed by atoms with Gasteiger partial charge in [0.1, 0.15) is 5.60 Å². The lowest BCUT2D eigenvalue weighted by Crippen LogP contribution is -2.70. The van der Waals surface area contributed by atoms with E-state index in [1.807, 2.05) is 20.8 Å². The third kappa shape index (κ3) is 5.14. The Balaban J connectivity index is 1.68. The van der Waals surface area contributed by atoms with Crippen molar-refractivity contribution < 1.29 is 46.3 Å². The fraction of sp³-hybridized carbons (Fsp3) is 0.767. The van der Waals surface area contributed by atoms with Gasteiger partial charge in [-0.3, -0.25) is 18.9 Å². The van der Waals surface area contributed by atoms with Gasteiger partial charge in [0, 0.05) is 23.4 Å². The van der Waals surface area contributed by atoms with Crippen LogP contribution in [0.25, 0.3) is 0 Å². The molecule has 8 atom stereocenters. The number of hydrogen-bond acceptors (Lipinski definition) is 8. The molecule has 11 heteroatoms. The van der Waals surface area contributed by atoms with Crippen molar-refractivity contribution in [2.75, 3.05) is 19.0 Å². The number of Topliss-reactive ketones (excluding diaryl/α,β-unsaturated/α-hetero) is 1. The first-order chi connectivity index (χ1) is 19.1. The molecule has 0 amide bonds. The highest BCUT2D eigenvalue weighted by molar-refractivity contribution is 7.85. The Labute approximate surface area is 241 Å². The first kappa shape index (κ1) is 32.0. The smallest absolute Gasteiger partial charge is 0.307 e. The molecule has 2 N–H and O–H groups in total. The Morgan fingerprint density at radius 1 is 1.20 bits per heavy atom. The average molecular weight is 599 g/mol. The third-order valence-electron chi connectivity index (χ3n) is 10.6. The SMILES string of the molecule is CCCCCO[C@]1(C(=O)COC(=O)CCS(=O)(=O)O)C(C)C[C@H]2[C@@H]3CCC4=CC(=O)C=C[C@]4(C)[C@@]3(F)C(O)C[C@@]21C. The first-order valence-electron chi connectivity index (χ1n) is 14.7. The minimum absolute atomic E-state index is 0.0596. The second-order valence-electron chi connectivity index (χ2n) is 12.8. The number of carbonyl (C=O) groups excluding carboxylic acids is 3. The number of fused-ring (bicyclic) bond motifs is 5. The molecule has 0 radical (unpaired) electrons. The molecular formula is C30H43FO9S. The molecule has 230 valence electrons. The Kier molecular flexibility index (Phi) is 8.80. The Morgan fingerprint density at radius 2 is 1.90 bits per heavy atom.